The molecular formula is C51H47Br. The molecule has 2 aliphatic carbocycles. The van der Waals surface area contributed by atoms with Crippen LogP contribution in [-0.4, -0.2) is 0 Å². The first-order chi connectivity index (χ1) is 25.3. The summed E-state index contributed by atoms with van der Waals surface area (Å²) in [4.78, 5) is 0. The molecule has 0 heterocycles. The van der Waals surface area contributed by atoms with Gasteiger partial charge in [0.05, 0.1) is 5.41 Å². The van der Waals surface area contributed by atoms with Gasteiger partial charge >= 0.3 is 0 Å². The Morgan fingerprint density at radius 2 is 1.25 bits per heavy atom. The van der Waals surface area contributed by atoms with Crippen LogP contribution in [0.25, 0.3) is 22.8 Å². The Labute approximate surface area is 319 Å². The molecule has 0 aromatic heterocycles. The van der Waals surface area contributed by atoms with Crippen LogP contribution in [-0.2, 0) is 5.41 Å². The predicted molar refractivity (Wildman–Crippen MR) is 229 cm³/mol. The van der Waals surface area contributed by atoms with E-state index in [9.17, 15) is 0 Å². The average molecular weight is 740 g/mol. The van der Waals surface area contributed by atoms with E-state index >= 15 is 0 Å². The van der Waals surface area contributed by atoms with Crippen molar-refractivity contribution in [3.8, 4) is 11.1 Å². The lowest BCUT2D eigenvalue weighted by molar-refractivity contribution is 0.739. The quantitative estimate of drug-likeness (QED) is 0.154. The summed E-state index contributed by atoms with van der Waals surface area (Å²) in [6.45, 7) is 12.3. The molecule has 0 amide bonds. The molecule has 1 atom stereocenters. The van der Waals surface area contributed by atoms with Crippen LogP contribution in [0.5, 0.6) is 0 Å². The van der Waals surface area contributed by atoms with Gasteiger partial charge in [-0.05, 0) is 106 Å². The summed E-state index contributed by atoms with van der Waals surface area (Å²) in [6.07, 6.45) is 13.8. The Balaban J connectivity index is 0.000000151. The topological polar surface area (TPSA) is 0 Å². The summed E-state index contributed by atoms with van der Waals surface area (Å²) in [5.41, 5.74) is 15.7. The van der Waals surface area contributed by atoms with E-state index < -0.39 is 0 Å². The van der Waals surface area contributed by atoms with Gasteiger partial charge < -0.3 is 0 Å². The lowest BCUT2D eigenvalue weighted by atomic mass is 9.67. The molecule has 6 aromatic rings. The monoisotopic (exact) mass is 738 g/mol. The Bertz CT molecular complexity index is 2160. The van der Waals surface area contributed by atoms with Crippen LogP contribution < -0.4 is 0 Å². The molecule has 258 valence electrons. The first-order valence-electron chi connectivity index (χ1n) is 18.1. The van der Waals surface area contributed by atoms with Gasteiger partial charge in [-0.15, -0.1) is 0 Å². The van der Waals surface area contributed by atoms with Gasteiger partial charge in [0.1, 0.15) is 0 Å². The molecule has 0 aliphatic heterocycles. The fourth-order valence-corrected chi connectivity index (χ4v) is 7.66. The van der Waals surface area contributed by atoms with Crippen LogP contribution in [0.15, 0.2) is 187 Å². The van der Waals surface area contributed by atoms with Crippen molar-refractivity contribution in [2.75, 3.05) is 0 Å². The van der Waals surface area contributed by atoms with E-state index in [0.717, 1.165) is 10.9 Å². The van der Waals surface area contributed by atoms with Gasteiger partial charge in [-0.2, -0.15) is 0 Å². The largest absolute Gasteiger partial charge is 0.0991 e. The molecule has 0 saturated heterocycles. The lowest BCUT2D eigenvalue weighted by Crippen LogP contribution is -2.28. The maximum Gasteiger partial charge on any atom is 0.0713 e. The molecule has 0 nitrogen and oxygen atoms in total. The van der Waals surface area contributed by atoms with Crippen LogP contribution >= 0.6 is 15.9 Å². The third-order valence-corrected chi connectivity index (χ3v) is 10.6. The fourth-order valence-electron chi connectivity index (χ4n) is 7.40. The maximum atomic E-state index is 3.65. The van der Waals surface area contributed by atoms with Crippen LogP contribution in [0.4, 0.5) is 0 Å². The SMILES string of the molecule is C=C/C=C\c1c(C)cccc1C.CC1C=CC(c2ccc(Br)cc2)=CC1.Cc1ccc2c(c1)C(c1ccccc1)(c1ccccc1)c1ccccc1-2. The molecule has 6 aromatic carbocycles. The maximum absolute atomic E-state index is 3.65. The van der Waals surface area contributed by atoms with Gasteiger partial charge in [-0.25, -0.2) is 0 Å². The van der Waals surface area contributed by atoms with E-state index in [2.05, 4.69) is 220 Å². The van der Waals surface area contributed by atoms with Gasteiger partial charge in [0.15, 0.2) is 0 Å². The van der Waals surface area contributed by atoms with E-state index in [1.54, 1.807) is 6.08 Å². The van der Waals surface area contributed by atoms with Gasteiger partial charge in [0.25, 0.3) is 0 Å². The highest BCUT2D eigenvalue weighted by molar-refractivity contribution is 9.10. The van der Waals surface area contributed by atoms with Crippen LogP contribution in [0.3, 0.4) is 0 Å². The molecule has 1 unspecified atom stereocenters. The standard InChI is InChI=1S/C26H20.C13H13Br.C12H14/c1-19-16-17-23-22-14-8-9-15-24(22)26(25(23)18-19,20-10-4-2-5-11-20)21-12-6-3-7-13-21;1-10-2-4-11(5-3-10)12-6-8-13(14)9-7-12;1-4-5-9-12-10(2)7-6-8-11(12)3/h2-18H,1H3;2,4-10H,3H2,1H3;4-9H,1H2,2-3H3/b;;9-5-. The molecule has 0 radical (unpaired) electrons. The minimum Gasteiger partial charge on any atom is -0.0991 e. The molecule has 0 spiro atoms. The number of rotatable bonds is 5. The molecule has 52 heavy (non-hydrogen) atoms. The summed E-state index contributed by atoms with van der Waals surface area (Å²) in [7, 11) is 0. The highest BCUT2D eigenvalue weighted by Gasteiger charge is 2.45. The zero-order chi connectivity index (χ0) is 36.5. The average Bonchev–Trinajstić information content (AvgIpc) is 3.47. The Hall–Kier alpha value is -5.24. The first kappa shape index (κ1) is 36.5. The summed E-state index contributed by atoms with van der Waals surface area (Å²) in [5, 5.41) is 0. The van der Waals surface area contributed by atoms with Crippen molar-refractivity contribution in [1.29, 1.82) is 0 Å². The number of aryl methyl sites for hydroxylation is 3. The minimum absolute atomic E-state index is 0.263. The normalized spacial score (nSPS) is 14.9. The second-order valence-corrected chi connectivity index (χ2v) is 14.6. The Morgan fingerprint density at radius 3 is 1.85 bits per heavy atom. The summed E-state index contributed by atoms with van der Waals surface area (Å²) in [6, 6.07) is 52.4. The fraction of sp³-hybridized carbons (Fsp3) is 0.137. The van der Waals surface area contributed by atoms with Crippen molar-refractivity contribution in [1.82, 2.24) is 0 Å². The molecule has 0 fully saturated rings. The summed E-state index contributed by atoms with van der Waals surface area (Å²) >= 11 is 3.44. The number of hydrogen-bond acceptors (Lipinski definition) is 0. The molecule has 0 N–H and O–H groups in total. The van der Waals surface area contributed by atoms with Crippen molar-refractivity contribution in [3.63, 3.8) is 0 Å². The number of hydrogen-bond donors (Lipinski definition) is 0. The molecule has 0 bridgehead atoms. The van der Waals surface area contributed by atoms with Gasteiger partial charge in [0.2, 0.25) is 0 Å². The minimum atomic E-state index is -0.263. The number of halogens is 1. The molecule has 8 rings (SSSR count). The molecule has 1 heteroatoms. The van der Waals surface area contributed by atoms with Crippen LogP contribution in [0.2, 0.25) is 0 Å². The van der Waals surface area contributed by atoms with Gasteiger partial charge in [-0.1, -0.05) is 205 Å². The molecular weight excluding hydrogens is 692 g/mol. The van der Waals surface area contributed by atoms with Crippen molar-refractivity contribution >= 4 is 27.6 Å². The van der Waals surface area contributed by atoms with Crippen LogP contribution in [0.1, 0.15) is 63.4 Å². The second-order valence-electron chi connectivity index (χ2n) is 13.7. The van der Waals surface area contributed by atoms with Crippen molar-refractivity contribution < 1.29 is 0 Å². The predicted octanol–water partition coefficient (Wildman–Crippen LogP) is 14.3. The highest BCUT2D eigenvalue weighted by Crippen LogP contribution is 2.56. The second kappa shape index (κ2) is 16.9. The van der Waals surface area contributed by atoms with Crippen LogP contribution in [0, 0.1) is 26.7 Å². The number of allylic oxidation sites excluding steroid dienone is 6. The third-order valence-electron chi connectivity index (χ3n) is 10.0. The van der Waals surface area contributed by atoms with E-state index in [1.165, 1.54) is 66.8 Å². The summed E-state index contributed by atoms with van der Waals surface area (Å²) in [5.74, 6) is 0.689. The van der Waals surface area contributed by atoms with E-state index in [4.69, 9.17) is 0 Å². The molecule has 0 saturated carbocycles. The van der Waals surface area contributed by atoms with Gasteiger partial charge in [0, 0.05) is 4.47 Å². The van der Waals surface area contributed by atoms with Crippen molar-refractivity contribution in [2.24, 2.45) is 5.92 Å². The number of fused-ring (bicyclic) bond motifs is 3. The molecule has 2 aliphatic rings. The lowest BCUT2D eigenvalue weighted by Gasteiger charge is -2.34. The Kier molecular flexibility index (Phi) is 11.8. The zero-order valence-corrected chi connectivity index (χ0v) is 32.3. The zero-order valence-electron chi connectivity index (χ0n) is 30.7. The smallest absolute Gasteiger partial charge is 0.0713 e. The Morgan fingerprint density at radius 1 is 0.654 bits per heavy atom. The highest BCUT2D eigenvalue weighted by atomic mass is 79.9. The van der Waals surface area contributed by atoms with E-state index in [0.29, 0.717) is 5.92 Å². The van der Waals surface area contributed by atoms with E-state index in [-0.39, 0.29) is 5.41 Å². The number of benzene rings is 6. The van der Waals surface area contributed by atoms with Crippen molar-refractivity contribution in [3.05, 3.63) is 237 Å². The third kappa shape index (κ3) is 7.81. The van der Waals surface area contributed by atoms with E-state index in [1.807, 2.05) is 6.08 Å². The first-order valence-corrected chi connectivity index (χ1v) is 18.9. The van der Waals surface area contributed by atoms with Gasteiger partial charge in [-0.3, -0.25) is 0 Å². The van der Waals surface area contributed by atoms with Crippen molar-refractivity contribution in [2.45, 2.75) is 39.5 Å². The summed E-state index contributed by atoms with van der Waals surface area (Å²) < 4.78 is 1.13.